The maximum Gasteiger partial charge on any atom is 0.270 e. The molecule has 0 aromatic heterocycles. The number of halogens is 1. The Bertz CT molecular complexity index is 503. The number of aliphatic hydroxyl groups is 1. The van der Waals surface area contributed by atoms with Gasteiger partial charge in [-0.3, -0.25) is 14.9 Å². The number of carbonyl (C=O) groups excluding carboxylic acids is 1. The lowest BCUT2D eigenvalue weighted by molar-refractivity contribution is -0.384. The summed E-state index contributed by atoms with van der Waals surface area (Å²) in [5, 5.41) is 22.3. The predicted molar refractivity (Wildman–Crippen MR) is 71.3 cm³/mol. The first-order valence-electron chi connectivity index (χ1n) is 5.60. The molecule has 6 nitrogen and oxygen atoms in total. The molecule has 0 radical (unpaired) electrons. The maximum atomic E-state index is 11.9. The van der Waals surface area contributed by atoms with Crippen molar-refractivity contribution in [1.29, 1.82) is 0 Å². The Kier molecular flexibility index (Phi) is 4.85. The molecular formula is C12H15ClN2O4. The number of rotatable bonds is 5. The summed E-state index contributed by atoms with van der Waals surface area (Å²) in [6.07, 6.45) is 0. The van der Waals surface area contributed by atoms with Crippen molar-refractivity contribution in [3.8, 4) is 0 Å². The molecule has 2 N–H and O–H groups in total. The van der Waals surface area contributed by atoms with Crippen molar-refractivity contribution in [3.05, 3.63) is 38.9 Å². The molecule has 1 aromatic carbocycles. The summed E-state index contributed by atoms with van der Waals surface area (Å²) in [5.74, 6) is -0.429. The van der Waals surface area contributed by atoms with Crippen LogP contribution in [0.2, 0.25) is 5.02 Å². The summed E-state index contributed by atoms with van der Waals surface area (Å²) >= 11 is 5.84. The van der Waals surface area contributed by atoms with Crippen molar-refractivity contribution in [1.82, 2.24) is 5.32 Å². The number of nitro groups is 1. The van der Waals surface area contributed by atoms with Gasteiger partial charge in [-0.1, -0.05) is 25.4 Å². The van der Waals surface area contributed by atoms with Crippen LogP contribution in [-0.2, 0) is 0 Å². The highest BCUT2D eigenvalue weighted by Crippen LogP contribution is 2.22. The van der Waals surface area contributed by atoms with Crippen molar-refractivity contribution in [2.24, 2.45) is 5.41 Å². The van der Waals surface area contributed by atoms with Gasteiger partial charge < -0.3 is 10.4 Å². The number of hydrogen-bond acceptors (Lipinski definition) is 4. The lowest BCUT2D eigenvalue weighted by atomic mass is 9.95. The van der Waals surface area contributed by atoms with E-state index in [4.69, 9.17) is 16.7 Å². The minimum absolute atomic E-state index is 0.0218. The van der Waals surface area contributed by atoms with Crippen LogP contribution in [-0.4, -0.2) is 29.1 Å². The molecule has 0 unspecified atom stereocenters. The summed E-state index contributed by atoms with van der Waals surface area (Å²) in [7, 11) is 0. The van der Waals surface area contributed by atoms with Gasteiger partial charge in [0.25, 0.3) is 11.6 Å². The van der Waals surface area contributed by atoms with Gasteiger partial charge in [0, 0.05) is 30.7 Å². The zero-order valence-electron chi connectivity index (χ0n) is 10.6. The smallest absolute Gasteiger partial charge is 0.270 e. The highest BCUT2D eigenvalue weighted by Gasteiger charge is 2.20. The predicted octanol–water partition coefficient (Wildman–Crippen LogP) is 2.00. The van der Waals surface area contributed by atoms with Gasteiger partial charge in [-0.15, -0.1) is 0 Å². The zero-order valence-corrected chi connectivity index (χ0v) is 11.4. The Labute approximate surface area is 115 Å². The fourth-order valence-corrected chi connectivity index (χ4v) is 1.53. The molecule has 0 atom stereocenters. The van der Waals surface area contributed by atoms with Crippen LogP contribution in [0.5, 0.6) is 0 Å². The average molecular weight is 287 g/mol. The van der Waals surface area contributed by atoms with E-state index in [2.05, 4.69) is 5.32 Å². The number of aliphatic hydroxyl groups excluding tert-OH is 1. The molecule has 0 bridgehead atoms. The van der Waals surface area contributed by atoms with Gasteiger partial charge in [-0.05, 0) is 6.07 Å². The van der Waals surface area contributed by atoms with E-state index in [1.807, 2.05) is 0 Å². The van der Waals surface area contributed by atoms with E-state index >= 15 is 0 Å². The minimum Gasteiger partial charge on any atom is -0.396 e. The second-order valence-electron chi connectivity index (χ2n) is 4.93. The molecule has 0 heterocycles. The number of nitrogens with one attached hydrogen (secondary N) is 1. The number of hydrogen-bond donors (Lipinski definition) is 2. The van der Waals surface area contributed by atoms with Crippen LogP contribution in [0.4, 0.5) is 5.69 Å². The second kappa shape index (κ2) is 5.99. The number of nitro benzene ring substituents is 1. The summed E-state index contributed by atoms with van der Waals surface area (Å²) in [5.41, 5.74) is -0.443. The third-order valence-corrected chi connectivity index (χ3v) is 2.88. The fourth-order valence-electron chi connectivity index (χ4n) is 1.27. The van der Waals surface area contributed by atoms with Crippen LogP contribution in [0, 0.1) is 15.5 Å². The number of amides is 1. The monoisotopic (exact) mass is 286 g/mol. The minimum atomic E-state index is -0.581. The van der Waals surface area contributed by atoms with Gasteiger partial charge in [0.1, 0.15) is 0 Å². The number of non-ortho nitro benzene ring substituents is 1. The second-order valence-corrected chi connectivity index (χ2v) is 5.33. The normalized spacial score (nSPS) is 11.2. The lowest BCUT2D eigenvalue weighted by Crippen LogP contribution is -2.36. The van der Waals surface area contributed by atoms with Gasteiger partial charge in [0.2, 0.25) is 0 Å². The van der Waals surface area contributed by atoms with Gasteiger partial charge in [-0.25, -0.2) is 0 Å². The van der Waals surface area contributed by atoms with Crippen molar-refractivity contribution in [2.45, 2.75) is 13.8 Å². The molecule has 0 aliphatic heterocycles. The van der Waals surface area contributed by atoms with Crippen LogP contribution < -0.4 is 5.32 Å². The molecule has 1 amide bonds. The number of benzene rings is 1. The molecule has 0 saturated carbocycles. The highest BCUT2D eigenvalue weighted by atomic mass is 35.5. The van der Waals surface area contributed by atoms with E-state index in [0.717, 1.165) is 6.07 Å². The van der Waals surface area contributed by atoms with E-state index in [-0.39, 0.29) is 29.4 Å². The molecular weight excluding hydrogens is 272 g/mol. The lowest BCUT2D eigenvalue weighted by Gasteiger charge is -2.21. The Hall–Kier alpha value is -1.66. The van der Waals surface area contributed by atoms with Gasteiger partial charge in [0.15, 0.2) is 0 Å². The van der Waals surface area contributed by atoms with E-state index in [0.29, 0.717) is 0 Å². The topological polar surface area (TPSA) is 92.5 Å². The molecule has 104 valence electrons. The molecule has 7 heteroatoms. The van der Waals surface area contributed by atoms with Gasteiger partial charge >= 0.3 is 0 Å². The first-order valence-corrected chi connectivity index (χ1v) is 5.97. The Morgan fingerprint density at radius 1 is 1.53 bits per heavy atom. The van der Waals surface area contributed by atoms with E-state index in [9.17, 15) is 14.9 Å². The third-order valence-electron chi connectivity index (χ3n) is 2.56. The standard InChI is InChI=1S/C12H15ClN2O4/c1-12(2,7-16)6-14-11(17)9-4-3-8(15(18)19)5-10(9)13/h3-5,16H,6-7H2,1-2H3,(H,14,17). The Morgan fingerprint density at radius 2 is 2.16 bits per heavy atom. The summed E-state index contributed by atoms with van der Waals surface area (Å²) in [4.78, 5) is 21.8. The molecule has 0 aliphatic rings. The van der Waals surface area contributed by atoms with Crippen LogP contribution in [0.15, 0.2) is 18.2 Å². The van der Waals surface area contributed by atoms with Crippen LogP contribution >= 0.6 is 11.6 Å². The van der Waals surface area contributed by atoms with E-state index in [1.165, 1.54) is 12.1 Å². The molecule has 19 heavy (non-hydrogen) atoms. The number of carbonyl (C=O) groups is 1. The van der Waals surface area contributed by atoms with Gasteiger partial charge in [-0.2, -0.15) is 0 Å². The molecule has 0 saturated heterocycles. The van der Waals surface area contributed by atoms with Crippen molar-refractivity contribution in [3.63, 3.8) is 0 Å². The van der Waals surface area contributed by atoms with E-state index in [1.54, 1.807) is 13.8 Å². The van der Waals surface area contributed by atoms with Gasteiger partial charge in [0.05, 0.1) is 15.5 Å². The third kappa shape index (κ3) is 4.18. The Morgan fingerprint density at radius 3 is 2.63 bits per heavy atom. The first-order chi connectivity index (χ1) is 8.76. The number of nitrogens with zero attached hydrogens (tertiary/aromatic N) is 1. The molecule has 0 aliphatic carbocycles. The summed E-state index contributed by atoms with van der Waals surface area (Å²) in [6.45, 7) is 3.80. The fraction of sp³-hybridized carbons (Fsp3) is 0.417. The highest BCUT2D eigenvalue weighted by molar-refractivity contribution is 6.34. The van der Waals surface area contributed by atoms with Crippen LogP contribution in [0.25, 0.3) is 0 Å². The van der Waals surface area contributed by atoms with Crippen molar-refractivity contribution < 1.29 is 14.8 Å². The van der Waals surface area contributed by atoms with Crippen molar-refractivity contribution >= 4 is 23.2 Å². The first kappa shape index (κ1) is 15.4. The summed E-state index contributed by atoms with van der Waals surface area (Å²) in [6, 6.07) is 3.66. The zero-order chi connectivity index (χ0) is 14.6. The quantitative estimate of drug-likeness (QED) is 0.639. The summed E-state index contributed by atoms with van der Waals surface area (Å²) < 4.78 is 0. The molecule has 0 fully saturated rings. The van der Waals surface area contributed by atoms with E-state index < -0.39 is 16.2 Å². The average Bonchev–Trinajstić information content (AvgIpc) is 2.36. The largest absolute Gasteiger partial charge is 0.396 e. The maximum absolute atomic E-state index is 11.9. The van der Waals surface area contributed by atoms with Crippen LogP contribution in [0.3, 0.4) is 0 Å². The SMILES string of the molecule is CC(C)(CO)CNC(=O)c1ccc([N+](=O)[O-])cc1Cl. The molecule has 1 aromatic rings. The molecule has 1 rings (SSSR count). The van der Waals surface area contributed by atoms with Crippen LogP contribution in [0.1, 0.15) is 24.2 Å². The van der Waals surface area contributed by atoms with Crippen molar-refractivity contribution in [2.75, 3.05) is 13.2 Å². The Balaban J connectivity index is 2.81. The molecule has 0 spiro atoms.